The highest BCUT2D eigenvalue weighted by Crippen LogP contribution is 2.39. The topological polar surface area (TPSA) is 65.5 Å². The summed E-state index contributed by atoms with van der Waals surface area (Å²) >= 11 is 0. The second-order valence-electron chi connectivity index (χ2n) is 6.22. The fourth-order valence-corrected chi connectivity index (χ4v) is 3.61. The number of likely N-dealkylation sites (tertiary alicyclic amines) is 1. The van der Waals surface area contributed by atoms with E-state index in [0.717, 1.165) is 11.1 Å². The van der Waals surface area contributed by atoms with Crippen LogP contribution in [0.1, 0.15) is 17.2 Å². The number of hydrazine groups is 1. The van der Waals surface area contributed by atoms with Crippen LogP contribution in [0, 0.1) is 5.92 Å². The van der Waals surface area contributed by atoms with Crippen molar-refractivity contribution >= 4 is 11.8 Å². The van der Waals surface area contributed by atoms with Gasteiger partial charge in [0.1, 0.15) is 6.04 Å². The summed E-state index contributed by atoms with van der Waals surface area (Å²) in [5.74, 6) is -0.690. The van der Waals surface area contributed by atoms with Gasteiger partial charge in [-0.3, -0.25) is 19.5 Å². The Morgan fingerprint density at radius 1 is 1.08 bits per heavy atom. The van der Waals surface area contributed by atoms with Gasteiger partial charge in [0.2, 0.25) is 11.8 Å². The fraction of sp³-hybridized carbons (Fsp3) is 0.278. The van der Waals surface area contributed by atoms with Crippen LogP contribution in [0.2, 0.25) is 0 Å². The average Bonchev–Trinajstić information content (AvgIpc) is 3.08. The number of carbonyl (C=O) groups excluding carboxylic acids is 2. The van der Waals surface area contributed by atoms with Crippen LogP contribution in [-0.4, -0.2) is 39.8 Å². The summed E-state index contributed by atoms with van der Waals surface area (Å²) in [5.41, 5.74) is 5.11. The lowest BCUT2D eigenvalue weighted by atomic mass is 9.92. The molecule has 2 aliphatic rings. The van der Waals surface area contributed by atoms with E-state index >= 15 is 0 Å². The van der Waals surface area contributed by atoms with Crippen molar-refractivity contribution in [1.29, 1.82) is 0 Å². The number of benzene rings is 1. The van der Waals surface area contributed by atoms with Crippen molar-refractivity contribution in [2.75, 3.05) is 7.05 Å². The van der Waals surface area contributed by atoms with Crippen molar-refractivity contribution in [1.82, 2.24) is 20.3 Å². The first kappa shape index (κ1) is 15.0. The molecule has 2 fully saturated rings. The molecule has 2 amide bonds. The number of imide groups is 1. The van der Waals surface area contributed by atoms with E-state index in [1.165, 1.54) is 4.90 Å². The van der Waals surface area contributed by atoms with E-state index in [1.807, 2.05) is 49.5 Å². The molecule has 0 aliphatic carbocycles. The number of nitrogens with one attached hydrogen (secondary N) is 1. The van der Waals surface area contributed by atoms with Gasteiger partial charge in [-0.2, -0.15) is 0 Å². The smallest absolute Gasteiger partial charge is 0.249 e. The Labute approximate surface area is 140 Å². The third-order valence-corrected chi connectivity index (χ3v) is 4.76. The van der Waals surface area contributed by atoms with Crippen molar-refractivity contribution in [2.45, 2.75) is 18.6 Å². The first-order valence-corrected chi connectivity index (χ1v) is 7.95. The molecule has 2 aliphatic heterocycles. The Morgan fingerprint density at radius 3 is 2.58 bits per heavy atom. The zero-order valence-corrected chi connectivity index (χ0v) is 13.3. The average molecular weight is 322 g/mol. The molecule has 0 spiro atoms. The minimum absolute atomic E-state index is 0.125. The zero-order valence-electron chi connectivity index (χ0n) is 13.3. The van der Waals surface area contributed by atoms with Crippen LogP contribution in [-0.2, 0) is 16.1 Å². The Bertz CT molecular complexity index is 765. The van der Waals surface area contributed by atoms with Crippen LogP contribution >= 0.6 is 0 Å². The summed E-state index contributed by atoms with van der Waals surface area (Å²) in [7, 11) is 1.81. The van der Waals surface area contributed by atoms with E-state index in [2.05, 4.69) is 10.4 Å². The van der Waals surface area contributed by atoms with Gasteiger partial charge in [0.15, 0.2) is 0 Å². The molecule has 3 heterocycles. The molecule has 0 radical (unpaired) electrons. The summed E-state index contributed by atoms with van der Waals surface area (Å²) < 4.78 is 0. The summed E-state index contributed by atoms with van der Waals surface area (Å²) in [6.45, 7) is 0.319. The number of rotatable bonds is 3. The number of likely N-dealkylation sites (N-methyl/N-ethyl adjacent to an activating group) is 1. The van der Waals surface area contributed by atoms with Gasteiger partial charge in [0.25, 0.3) is 0 Å². The predicted molar refractivity (Wildman–Crippen MR) is 87.2 cm³/mol. The van der Waals surface area contributed by atoms with Gasteiger partial charge in [0.05, 0.1) is 18.5 Å². The number of carbonyl (C=O) groups is 2. The standard InChI is InChI=1S/C18H18N4O2/c1-21-16-14(15(20-21)13-8-5-9-19-10-13)17(23)22(18(16)24)11-12-6-3-2-4-7-12/h2-10,14-16,20H,11H2,1H3/t14-,15-,16+/m1/s1. The Morgan fingerprint density at radius 2 is 1.88 bits per heavy atom. The number of hydrogen-bond acceptors (Lipinski definition) is 5. The summed E-state index contributed by atoms with van der Waals surface area (Å²) in [4.78, 5) is 31.3. The van der Waals surface area contributed by atoms with Gasteiger partial charge in [-0.15, -0.1) is 0 Å². The van der Waals surface area contributed by atoms with Crippen LogP contribution in [0.25, 0.3) is 0 Å². The number of fused-ring (bicyclic) bond motifs is 1. The van der Waals surface area contributed by atoms with Gasteiger partial charge < -0.3 is 0 Å². The number of hydrogen-bond donors (Lipinski definition) is 1. The van der Waals surface area contributed by atoms with E-state index in [9.17, 15) is 9.59 Å². The van der Waals surface area contributed by atoms with E-state index in [0.29, 0.717) is 6.54 Å². The van der Waals surface area contributed by atoms with Crippen molar-refractivity contribution in [2.24, 2.45) is 5.92 Å². The molecule has 24 heavy (non-hydrogen) atoms. The van der Waals surface area contributed by atoms with Crippen molar-refractivity contribution in [3.63, 3.8) is 0 Å². The quantitative estimate of drug-likeness (QED) is 0.858. The maximum absolute atomic E-state index is 12.9. The molecule has 122 valence electrons. The largest absolute Gasteiger partial charge is 0.276 e. The molecule has 0 unspecified atom stereocenters. The second kappa shape index (κ2) is 5.81. The SMILES string of the molecule is CN1N[C@H](c2cccnc2)[C@H]2C(=O)N(Cc3ccccc3)C(=O)[C@H]21. The first-order valence-electron chi connectivity index (χ1n) is 7.95. The first-order chi connectivity index (χ1) is 11.7. The highest BCUT2D eigenvalue weighted by Gasteiger charge is 2.57. The molecule has 2 aromatic rings. The van der Waals surface area contributed by atoms with Gasteiger partial charge in [-0.1, -0.05) is 36.4 Å². The summed E-state index contributed by atoms with van der Waals surface area (Å²) in [5, 5.41) is 1.76. The lowest BCUT2D eigenvalue weighted by Gasteiger charge is -2.22. The van der Waals surface area contributed by atoms with Crippen molar-refractivity contribution in [3.8, 4) is 0 Å². The van der Waals surface area contributed by atoms with Gasteiger partial charge >= 0.3 is 0 Å². The van der Waals surface area contributed by atoms with Crippen LogP contribution in [0.5, 0.6) is 0 Å². The lowest BCUT2D eigenvalue weighted by Crippen LogP contribution is -2.42. The van der Waals surface area contributed by atoms with Crippen LogP contribution < -0.4 is 5.43 Å². The second-order valence-corrected chi connectivity index (χ2v) is 6.22. The Balaban J connectivity index is 1.64. The molecule has 1 aromatic heterocycles. The molecule has 6 nitrogen and oxygen atoms in total. The van der Waals surface area contributed by atoms with E-state index in [1.54, 1.807) is 17.4 Å². The van der Waals surface area contributed by atoms with Gasteiger partial charge in [-0.05, 0) is 17.2 Å². The highest BCUT2D eigenvalue weighted by molar-refractivity contribution is 6.07. The highest BCUT2D eigenvalue weighted by atomic mass is 16.2. The predicted octanol–water partition coefficient (Wildman–Crippen LogP) is 1.13. The molecule has 2 saturated heterocycles. The van der Waals surface area contributed by atoms with E-state index in [4.69, 9.17) is 0 Å². The molecule has 4 rings (SSSR count). The molecular formula is C18H18N4O2. The van der Waals surface area contributed by atoms with Crippen molar-refractivity contribution < 1.29 is 9.59 Å². The molecule has 0 bridgehead atoms. The van der Waals surface area contributed by atoms with Crippen LogP contribution in [0.4, 0.5) is 0 Å². The number of amides is 2. The number of nitrogens with zero attached hydrogens (tertiary/aromatic N) is 3. The van der Waals surface area contributed by atoms with E-state index in [-0.39, 0.29) is 17.9 Å². The van der Waals surface area contributed by atoms with Crippen LogP contribution in [0.15, 0.2) is 54.9 Å². The van der Waals surface area contributed by atoms with E-state index < -0.39 is 12.0 Å². The number of aromatic nitrogens is 1. The summed E-state index contributed by atoms with van der Waals surface area (Å²) in [6, 6.07) is 12.7. The lowest BCUT2D eigenvalue weighted by molar-refractivity contribution is -0.142. The minimum atomic E-state index is -0.466. The number of pyridine rings is 1. The van der Waals surface area contributed by atoms with Crippen molar-refractivity contribution in [3.05, 3.63) is 66.0 Å². The van der Waals surface area contributed by atoms with Crippen LogP contribution in [0.3, 0.4) is 0 Å². The Kier molecular flexibility index (Phi) is 3.63. The Hall–Kier alpha value is -2.57. The maximum Gasteiger partial charge on any atom is 0.249 e. The molecule has 0 saturated carbocycles. The molecule has 3 atom stereocenters. The molecule has 6 heteroatoms. The van der Waals surface area contributed by atoms with Gasteiger partial charge in [-0.25, -0.2) is 10.4 Å². The summed E-state index contributed by atoms with van der Waals surface area (Å²) in [6.07, 6.45) is 3.44. The normalized spacial score (nSPS) is 26.9. The third kappa shape index (κ3) is 2.31. The molecular weight excluding hydrogens is 304 g/mol. The van der Waals surface area contributed by atoms with Gasteiger partial charge in [0, 0.05) is 19.4 Å². The third-order valence-electron chi connectivity index (χ3n) is 4.76. The monoisotopic (exact) mass is 322 g/mol. The zero-order chi connectivity index (χ0) is 16.7. The minimum Gasteiger partial charge on any atom is -0.276 e. The molecule has 1 N–H and O–H groups in total. The molecule has 1 aromatic carbocycles. The fourth-order valence-electron chi connectivity index (χ4n) is 3.61. The maximum atomic E-state index is 12.9.